The van der Waals surface area contributed by atoms with Crippen LogP contribution in [-0.4, -0.2) is 7.11 Å². The Morgan fingerprint density at radius 1 is 1.15 bits per heavy atom. The Labute approximate surface area is 125 Å². The van der Waals surface area contributed by atoms with Crippen molar-refractivity contribution in [3.05, 3.63) is 63.7 Å². The van der Waals surface area contributed by atoms with Gasteiger partial charge in [-0.3, -0.25) is 0 Å². The van der Waals surface area contributed by atoms with Crippen molar-refractivity contribution in [2.75, 3.05) is 7.11 Å². The maximum absolute atomic E-state index is 6.29. The molecule has 0 aliphatic rings. The first kappa shape index (κ1) is 14.9. The molecule has 0 heterocycles. The van der Waals surface area contributed by atoms with Crippen molar-refractivity contribution in [3.63, 3.8) is 0 Å². The second-order valence-corrected chi connectivity index (χ2v) is 5.54. The first-order valence-corrected chi connectivity index (χ1v) is 7.04. The van der Waals surface area contributed by atoms with Crippen LogP contribution < -0.4 is 10.5 Å². The lowest BCUT2D eigenvalue weighted by Gasteiger charge is -2.15. The van der Waals surface area contributed by atoms with Crippen molar-refractivity contribution < 1.29 is 4.74 Å². The van der Waals surface area contributed by atoms with Crippen LogP contribution in [0.1, 0.15) is 28.3 Å². The molecule has 1 unspecified atom stereocenters. The Kier molecular flexibility index (Phi) is 4.69. The molecule has 0 saturated heterocycles. The maximum Gasteiger partial charge on any atom is 0.122 e. The van der Waals surface area contributed by atoms with Gasteiger partial charge in [-0.15, -0.1) is 0 Å². The summed E-state index contributed by atoms with van der Waals surface area (Å²) in [5, 5.41) is 0.777. The highest BCUT2D eigenvalue weighted by molar-refractivity contribution is 6.31. The largest absolute Gasteiger partial charge is 0.496 e. The van der Waals surface area contributed by atoms with Gasteiger partial charge >= 0.3 is 0 Å². The molecular formula is C17H20ClNO. The number of nitrogens with two attached hydrogens (primary N) is 1. The van der Waals surface area contributed by atoms with E-state index in [2.05, 4.69) is 6.07 Å². The molecule has 20 heavy (non-hydrogen) atoms. The maximum atomic E-state index is 6.29. The summed E-state index contributed by atoms with van der Waals surface area (Å²) >= 11 is 6.26. The van der Waals surface area contributed by atoms with Gasteiger partial charge in [0.2, 0.25) is 0 Å². The van der Waals surface area contributed by atoms with Gasteiger partial charge < -0.3 is 10.5 Å². The summed E-state index contributed by atoms with van der Waals surface area (Å²) in [7, 11) is 1.68. The van der Waals surface area contributed by atoms with Crippen LogP contribution in [0.15, 0.2) is 36.4 Å². The number of benzene rings is 2. The van der Waals surface area contributed by atoms with E-state index < -0.39 is 0 Å². The minimum absolute atomic E-state index is 0.0929. The average molecular weight is 290 g/mol. The monoisotopic (exact) mass is 289 g/mol. The fraction of sp³-hybridized carbons (Fsp3) is 0.294. The lowest BCUT2D eigenvalue weighted by Crippen LogP contribution is -2.14. The molecule has 2 rings (SSSR count). The number of halogens is 1. The fourth-order valence-corrected chi connectivity index (χ4v) is 2.55. The molecule has 0 amide bonds. The molecule has 2 nitrogen and oxygen atoms in total. The zero-order valence-electron chi connectivity index (χ0n) is 12.1. The highest BCUT2D eigenvalue weighted by atomic mass is 35.5. The normalized spacial score (nSPS) is 12.2. The van der Waals surface area contributed by atoms with Crippen LogP contribution in [0, 0.1) is 13.8 Å². The molecule has 0 bridgehead atoms. The van der Waals surface area contributed by atoms with Crippen LogP contribution in [-0.2, 0) is 6.42 Å². The first-order chi connectivity index (χ1) is 9.51. The minimum atomic E-state index is -0.0929. The summed E-state index contributed by atoms with van der Waals surface area (Å²) in [4.78, 5) is 0. The van der Waals surface area contributed by atoms with Gasteiger partial charge in [0.15, 0.2) is 0 Å². The molecule has 3 heteroatoms. The SMILES string of the molecule is COc1cc(C(N)Cc2ccc(C)cc2Cl)ccc1C. The third-order valence-corrected chi connectivity index (χ3v) is 3.86. The van der Waals surface area contributed by atoms with Crippen LogP contribution in [0.25, 0.3) is 0 Å². The van der Waals surface area contributed by atoms with Crippen molar-refractivity contribution in [2.45, 2.75) is 26.3 Å². The van der Waals surface area contributed by atoms with E-state index in [1.54, 1.807) is 7.11 Å². The molecule has 0 radical (unpaired) electrons. The van der Waals surface area contributed by atoms with E-state index in [1.807, 2.05) is 44.2 Å². The molecule has 1 atom stereocenters. The molecule has 2 aromatic rings. The zero-order valence-corrected chi connectivity index (χ0v) is 12.9. The molecule has 2 N–H and O–H groups in total. The van der Waals surface area contributed by atoms with Gasteiger partial charge in [0.05, 0.1) is 7.11 Å². The minimum Gasteiger partial charge on any atom is -0.496 e. The Morgan fingerprint density at radius 3 is 2.55 bits per heavy atom. The number of methoxy groups -OCH3 is 1. The first-order valence-electron chi connectivity index (χ1n) is 6.66. The molecule has 2 aromatic carbocycles. The lowest BCUT2D eigenvalue weighted by atomic mass is 9.98. The topological polar surface area (TPSA) is 35.2 Å². The predicted molar refractivity (Wildman–Crippen MR) is 84.6 cm³/mol. The van der Waals surface area contributed by atoms with Crippen molar-refractivity contribution >= 4 is 11.6 Å². The van der Waals surface area contributed by atoms with Crippen LogP contribution in [0.3, 0.4) is 0 Å². The second-order valence-electron chi connectivity index (χ2n) is 5.13. The molecule has 0 fully saturated rings. The zero-order chi connectivity index (χ0) is 14.7. The van der Waals surface area contributed by atoms with Crippen molar-refractivity contribution in [2.24, 2.45) is 5.73 Å². The smallest absolute Gasteiger partial charge is 0.122 e. The van der Waals surface area contributed by atoms with E-state index in [0.717, 1.165) is 33.0 Å². The van der Waals surface area contributed by atoms with E-state index in [9.17, 15) is 0 Å². The summed E-state index contributed by atoms with van der Waals surface area (Å²) in [6.45, 7) is 4.05. The Hall–Kier alpha value is -1.51. The van der Waals surface area contributed by atoms with Gasteiger partial charge in [0, 0.05) is 11.1 Å². The van der Waals surface area contributed by atoms with Crippen LogP contribution in [0.5, 0.6) is 5.75 Å². The summed E-state index contributed by atoms with van der Waals surface area (Å²) in [5.74, 6) is 0.868. The van der Waals surface area contributed by atoms with Crippen LogP contribution >= 0.6 is 11.6 Å². The lowest BCUT2D eigenvalue weighted by molar-refractivity contribution is 0.410. The van der Waals surface area contributed by atoms with Gasteiger partial charge in [-0.1, -0.05) is 35.9 Å². The molecule has 0 aliphatic heterocycles. The van der Waals surface area contributed by atoms with Gasteiger partial charge in [0.25, 0.3) is 0 Å². The summed E-state index contributed by atoms with van der Waals surface area (Å²) in [6.07, 6.45) is 0.714. The van der Waals surface area contributed by atoms with Crippen molar-refractivity contribution in [3.8, 4) is 5.75 Å². The molecular weight excluding hydrogens is 270 g/mol. The standard InChI is InChI=1S/C17H20ClNO/c1-11-4-6-13(15(18)8-11)9-16(19)14-7-5-12(2)17(10-14)20-3/h4-8,10,16H,9,19H2,1-3H3. The van der Waals surface area contributed by atoms with Crippen molar-refractivity contribution in [1.29, 1.82) is 0 Å². The number of rotatable bonds is 4. The Balaban J connectivity index is 2.21. The molecule has 0 aliphatic carbocycles. The summed E-state index contributed by atoms with van der Waals surface area (Å²) in [5.41, 5.74) is 10.7. The second kappa shape index (κ2) is 6.29. The third-order valence-electron chi connectivity index (χ3n) is 3.51. The summed E-state index contributed by atoms with van der Waals surface area (Å²) in [6, 6.07) is 12.1. The predicted octanol–water partition coefficient (Wildman–Crippen LogP) is 4.21. The fourth-order valence-electron chi connectivity index (χ4n) is 2.24. The number of hydrogen-bond donors (Lipinski definition) is 1. The average Bonchev–Trinajstić information content (AvgIpc) is 2.42. The van der Waals surface area contributed by atoms with E-state index in [4.69, 9.17) is 22.1 Å². The van der Waals surface area contributed by atoms with Gasteiger partial charge in [0.1, 0.15) is 5.75 Å². The highest BCUT2D eigenvalue weighted by Gasteiger charge is 2.11. The van der Waals surface area contributed by atoms with E-state index >= 15 is 0 Å². The highest BCUT2D eigenvalue weighted by Crippen LogP contribution is 2.26. The number of hydrogen-bond acceptors (Lipinski definition) is 2. The van der Waals surface area contributed by atoms with Crippen molar-refractivity contribution in [1.82, 2.24) is 0 Å². The molecule has 106 valence electrons. The number of ether oxygens (including phenoxy) is 1. The van der Waals surface area contributed by atoms with E-state index in [1.165, 1.54) is 0 Å². The quantitative estimate of drug-likeness (QED) is 0.915. The third kappa shape index (κ3) is 3.33. The van der Waals surface area contributed by atoms with Crippen LogP contribution in [0.2, 0.25) is 5.02 Å². The summed E-state index contributed by atoms with van der Waals surface area (Å²) < 4.78 is 5.34. The number of aryl methyl sites for hydroxylation is 2. The van der Waals surface area contributed by atoms with Gasteiger partial charge in [-0.2, -0.15) is 0 Å². The van der Waals surface area contributed by atoms with Gasteiger partial charge in [-0.05, 0) is 54.7 Å². The van der Waals surface area contributed by atoms with E-state index in [-0.39, 0.29) is 6.04 Å². The molecule has 0 aromatic heterocycles. The van der Waals surface area contributed by atoms with Crippen LogP contribution in [0.4, 0.5) is 0 Å². The van der Waals surface area contributed by atoms with Gasteiger partial charge in [-0.25, -0.2) is 0 Å². The molecule has 0 spiro atoms. The Bertz CT molecular complexity index is 610. The Morgan fingerprint density at radius 2 is 1.90 bits per heavy atom. The molecule has 0 saturated carbocycles. The van der Waals surface area contributed by atoms with E-state index in [0.29, 0.717) is 6.42 Å².